The molecule has 1 heterocycles. The third-order valence-electron chi connectivity index (χ3n) is 5.48. The van der Waals surface area contributed by atoms with Gasteiger partial charge in [-0.25, -0.2) is 0 Å². The Hall–Kier alpha value is -1.66. The zero-order valence-electron chi connectivity index (χ0n) is 17.0. The number of aromatic nitrogens is 3. The number of ether oxygens (including phenoxy) is 1. The van der Waals surface area contributed by atoms with E-state index in [1.165, 1.54) is 0 Å². The van der Waals surface area contributed by atoms with Crippen molar-refractivity contribution >= 4 is 8.32 Å². The largest absolute Gasteiger partial charge is 0.494 e. The Kier molecular flexibility index (Phi) is 6.63. The van der Waals surface area contributed by atoms with Crippen LogP contribution < -0.4 is 4.74 Å². The topological polar surface area (TPSA) is 60.2 Å². The second-order valence-corrected chi connectivity index (χ2v) is 12.6. The molecule has 0 aliphatic carbocycles. The van der Waals surface area contributed by atoms with E-state index < -0.39 is 8.32 Å². The average molecular weight is 376 g/mol. The molecule has 1 aromatic heterocycles. The maximum absolute atomic E-state index is 10.5. The number of hydrogen-bond acceptors (Lipinski definition) is 4. The summed E-state index contributed by atoms with van der Waals surface area (Å²) in [4.78, 5) is 10.5. The molecule has 0 atom stereocenters. The minimum atomic E-state index is -2.22. The van der Waals surface area contributed by atoms with E-state index in [9.17, 15) is 4.80 Å². The number of aryl methyl sites for hydroxylation is 1. The van der Waals surface area contributed by atoms with Crippen LogP contribution in [0.15, 0.2) is 24.3 Å². The fourth-order valence-electron chi connectivity index (χ4n) is 2.66. The highest BCUT2D eigenvalue weighted by molar-refractivity contribution is 6.72. The number of unbranched alkanes of at least 4 members (excludes halogenated alkanes) is 1. The van der Waals surface area contributed by atoms with Crippen molar-refractivity contribution in [2.75, 3.05) is 6.61 Å². The predicted molar refractivity (Wildman–Crippen MR) is 109 cm³/mol. The zero-order valence-corrected chi connectivity index (χ0v) is 18.0. The van der Waals surface area contributed by atoms with Crippen LogP contribution in [0, 0.1) is 0 Å². The molecule has 0 aliphatic heterocycles. The number of nitrogens with zero attached hydrogens (tertiary/aromatic N) is 3. The molecule has 26 heavy (non-hydrogen) atoms. The summed E-state index contributed by atoms with van der Waals surface area (Å²) >= 11 is 0. The fourth-order valence-corrected chi connectivity index (χ4v) is 3.40. The van der Waals surface area contributed by atoms with E-state index in [2.05, 4.69) is 31.1 Å². The summed E-state index contributed by atoms with van der Waals surface area (Å²) in [6.07, 6.45) is 3.95. The van der Waals surface area contributed by atoms with Gasteiger partial charge >= 0.3 is 0 Å². The van der Waals surface area contributed by atoms with Gasteiger partial charge in [-0.2, -0.15) is 0 Å². The van der Waals surface area contributed by atoms with Crippen LogP contribution in [-0.2, 0) is 13.5 Å². The van der Waals surface area contributed by atoms with Crippen molar-refractivity contribution in [1.29, 1.82) is 0 Å². The van der Waals surface area contributed by atoms with Crippen LogP contribution in [0.1, 0.15) is 45.7 Å². The maximum atomic E-state index is 10.5. The summed E-state index contributed by atoms with van der Waals surface area (Å²) in [6, 6.07) is 8.09. The quantitative estimate of drug-likeness (QED) is 0.515. The maximum Gasteiger partial charge on any atom is 0.188 e. The van der Waals surface area contributed by atoms with E-state index in [4.69, 9.17) is 4.74 Å². The summed E-state index contributed by atoms with van der Waals surface area (Å²) in [7, 11) is -0.289. The van der Waals surface area contributed by atoms with Crippen LogP contribution in [0.25, 0.3) is 11.3 Å². The Bertz CT molecular complexity index is 703. The van der Waals surface area contributed by atoms with Crippen molar-refractivity contribution in [1.82, 2.24) is 15.0 Å². The molecule has 0 fully saturated rings. The highest BCUT2D eigenvalue weighted by Gasteiger charge is 2.37. The van der Waals surface area contributed by atoms with Gasteiger partial charge in [-0.05, 0) is 61.7 Å². The van der Waals surface area contributed by atoms with E-state index >= 15 is 0 Å². The van der Waals surface area contributed by atoms with Gasteiger partial charge in [-0.3, -0.25) is 4.68 Å². The molecule has 144 valence electrons. The minimum absolute atomic E-state index is 0.0640. The molecule has 0 saturated heterocycles. The van der Waals surface area contributed by atoms with Crippen LogP contribution in [0.5, 0.6) is 5.75 Å². The Morgan fingerprint density at radius 2 is 1.85 bits per heavy atom. The Balaban J connectivity index is 2.14. The minimum Gasteiger partial charge on any atom is -0.494 e. The molecule has 0 saturated carbocycles. The predicted octanol–water partition coefficient (Wildman–Crippen LogP) is 4.57. The SMILES string of the molecule is CCCCOc1ccc(-c2nnn(C)c2CCC(C)(C)[Si](C)(C)O)cc1. The lowest BCUT2D eigenvalue weighted by molar-refractivity contribution is 0.309. The van der Waals surface area contributed by atoms with Gasteiger partial charge in [0.05, 0.1) is 12.3 Å². The van der Waals surface area contributed by atoms with Crippen molar-refractivity contribution in [3.05, 3.63) is 30.0 Å². The summed E-state index contributed by atoms with van der Waals surface area (Å²) < 4.78 is 7.59. The molecule has 0 unspecified atom stereocenters. The Morgan fingerprint density at radius 3 is 2.42 bits per heavy atom. The third kappa shape index (κ3) is 4.95. The number of benzene rings is 1. The van der Waals surface area contributed by atoms with Crippen LogP contribution in [0.3, 0.4) is 0 Å². The summed E-state index contributed by atoms with van der Waals surface area (Å²) in [6.45, 7) is 11.2. The number of hydrogen-bond donors (Lipinski definition) is 1. The molecular weight excluding hydrogens is 342 g/mol. The highest BCUT2D eigenvalue weighted by Crippen LogP contribution is 2.40. The van der Waals surface area contributed by atoms with Crippen molar-refractivity contribution in [3.63, 3.8) is 0 Å². The van der Waals surface area contributed by atoms with Crippen LogP contribution in [-0.4, -0.2) is 34.7 Å². The molecule has 5 nitrogen and oxygen atoms in total. The fraction of sp³-hybridized carbons (Fsp3) is 0.600. The van der Waals surface area contributed by atoms with E-state index in [1.807, 2.05) is 49.1 Å². The van der Waals surface area contributed by atoms with Gasteiger partial charge in [0.25, 0.3) is 0 Å². The van der Waals surface area contributed by atoms with Gasteiger partial charge in [-0.1, -0.05) is 32.4 Å². The Labute approximate surface area is 158 Å². The second-order valence-electron chi connectivity index (χ2n) is 8.18. The van der Waals surface area contributed by atoms with E-state index in [1.54, 1.807) is 0 Å². The molecule has 0 spiro atoms. The molecule has 2 aromatic rings. The summed E-state index contributed by atoms with van der Waals surface area (Å²) in [5.41, 5.74) is 3.08. The Morgan fingerprint density at radius 1 is 1.19 bits per heavy atom. The monoisotopic (exact) mass is 375 g/mol. The first-order chi connectivity index (χ1) is 12.2. The van der Waals surface area contributed by atoms with Gasteiger partial charge in [-0.15, -0.1) is 5.10 Å². The normalized spacial score (nSPS) is 12.4. The van der Waals surface area contributed by atoms with Gasteiger partial charge < -0.3 is 9.53 Å². The van der Waals surface area contributed by atoms with Crippen molar-refractivity contribution in [2.45, 2.75) is 64.6 Å². The van der Waals surface area contributed by atoms with Gasteiger partial charge in [0, 0.05) is 12.6 Å². The zero-order chi connectivity index (χ0) is 19.4. The van der Waals surface area contributed by atoms with E-state index in [0.29, 0.717) is 0 Å². The van der Waals surface area contributed by atoms with Crippen molar-refractivity contribution in [2.24, 2.45) is 7.05 Å². The number of rotatable bonds is 9. The molecular formula is C20H33N3O2Si. The first kappa shape index (κ1) is 20.6. The molecule has 2 rings (SSSR count). The molecule has 0 amide bonds. The van der Waals surface area contributed by atoms with Crippen LogP contribution >= 0.6 is 0 Å². The highest BCUT2D eigenvalue weighted by atomic mass is 28.4. The standard InChI is InChI=1S/C20H33N3O2Si/c1-7-8-15-25-17-11-9-16(10-12-17)19-18(23(4)22-21-19)13-14-20(2,3)26(5,6)24/h9-12,24H,7-8,13-15H2,1-6H3. The van der Waals surface area contributed by atoms with Gasteiger partial charge in [0.15, 0.2) is 8.32 Å². The summed E-state index contributed by atoms with van der Waals surface area (Å²) in [5.74, 6) is 0.891. The average Bonchev–Trinajstić information content (AvgIpc) is 2.94. The molecule has 0 aliphatic rings. The van der Waals surface area contributed by atoms with Crippen LogP contribution in [0.4, 0.5) is 0 Å². The molecule has 6 heteroatoms. The van der Waals surface area contributed by atoms with E-state index in [-0.39, 0.29) is 5.04 Å². The molecule has 0 bridgehead atoms. The molecule has 0 radical (unpaired) electrons. The lowest BCUT2D eigenvalue weighted by Gasteiger charge is -2.35. The van der Waals surface area contributed by atoms with Crippen molar-refractivity contribution < 1.29 is 9.53 Å². The van der Waals surface area contributed by atoms with Crippen LogP contribution in [0.2, 0.25) is 18.1 Å². The molecule has 1 N–H and O–H groups in total. The van der Waals surface area contributed by atoms with E-state index in [0.717, 1.165) is 55.0 Å². The van der Waals surface area contributed by atoms with Gasteiger partial charge in [0.1, 0.15) is 11.4 Å². The summed E-state index contributed by atoms with van der Waals surface area (Å²) in [5, 5.41) is 8.53. The first-order valence-corrected chi connectivity index (χ1v) is 12.4. The smallest absolute Gasteiger partial charge is 0.188 e. The third-order valence-corrected chi connectivity index (χ3v) is 9.04. The first-order valence-electron chi connectivity index (χ1n) is 9.50. The second kappa shape index (κ2) is 8.35. The molecule has 1 aromatic carbocycles. The lowest BCUT2D eigenvalue weighted by atomic mass is 10.0. The van der Waals surface area contributed by atoms with Gasteiger partial charge in [0.2, 0.25) is 0 Å². The van der Waals surface area contributed by atoms with Crippen molar-refractivity contribution in [3.8, 4) is 17.0 Å². The lowest BCUT2D eigenvalue weighted by Crippen LogP contribution is -2.39.